The second kappa shape index (κ2) is 8.70. The predicted molar refractivity (Wildman–Crippen MR) is 107 cm³/mol. The molecule has 2 aromatic rings. The van der Waals surface area contributed by atoms with Gasteiger partial charge in [0, 0.05) is 13.5 Å². The van der Waals surface area contributed by atoms with Crippen LogP contribution in [0.2, 0.25) is 0 Å². The maximum Gasteiger partial charge on any atom is 0.573 e. The summed E-state index contributed by atoms with van der Waals surface area (Å²) in [5.41, 5.74) is 1.12. The van der Waals surface area contributed by atoms with Crippen molar-refractivity contribution in [1.82, 2.24) is 4.90 Å². The van der Waals surface area contributed by atoms with Crippen molar-refractivity contribution in [3.05, 3.63) is 54.1 Å². The summed E-state index contributed by atoms with van der Waals surface area (Å²) in [6, 6.07) is 11.6. The highest BCUT2D eigenvalue weighted by atomic mass is 19.4. The van der Waals surface area contributed by atoms with E-state index in [4.69, 9.17) is 9.47 Å². The topological polar surface area (TPSA) is 68.3 Å². The molecule has 2 amide bonds. The van der Waals surface area contributed by atoms with Crippen LogP contribution in [0.25, 0.3) is 0 Å². The average Bonchev–Trinajstić information content (AvgIpc) is 3.17. The fourth-order valence-corrected chi connectivity index (χ4v) is 4.00. The van der Waals surface area contributed by atoms with E-state index in [0.717, 1.165) is 0 Å². The van der Waals surface area contributed by atoms with Crippen molar-refractivity contribution in [2.45, 2.75) is 31.5 Å². The normalized spacial score (nSPS) is 20.3. The number of halogens is 3. The molecule has 0 unspecified atom stereocenters. The van der Waals surface area contributed by atoms with Gasteiger partial charge in [0.1, 0.15) is 30.3 Å². The standard InChI is InChI=1S/C22H21F3N2O5/c1-30-13-20(28)26-12-16-10-18(26)21(29)27(17-4-2-3-5-19(17)31-16)11-14-6-8-15(9-7-14)32-22(23,24)25/h2-9,16,18H,10-13H2,1H3/t16-,18-/m0/s1. The van der Waals surface area contributed by atoms with Crippen LogP contribution in [0.4, 0.5) is 18.9 Å². The fraction of sp³-hybridized carbons (Fsp3) is 0.364. The highest BCUT2D eigenvalue weighted by molar-refractivity contribution is 6.01. The zero-order valence-electron chi connectivity index (χ0n) is 17.2. The van der Waals surface area contributed by atoms with Gasteiger partial charge < -0.3 is 24.0 Å². The van der Waals surface area contributed by atoms with Gasteiger partial charge in [-0.05, 0) is 29.8 Å². The van der Waals surface area contributed by atoms with Gasteiger partial charge in [-0.2, -0.15) is 0 Å². The van der Waals surface area contributed by atoms with Crippen LogP contribution in [-0.4, -0.2) is 55.5 Å². The first-order valence-corrected chi connectivity index (χ1v) is 9.95. The first kappa shape index (κ1) is 21.9. The average molecular weight is 450 g/mol. The van der Waals surface area contributed by atoms with E-state index in [0.29, 0.717) is 23.4 Å². The molecular formula is C22H21F3N2O5. The Labute approximate surface area is 182 Å². The summed E-state index contributed by atoms with van der Waals surface area (Å²) < 4.78 is 52.2. The Morgan fingerprint density at radius 1 is 1.16 bits per heavy atom. The van der Waals surface area contributed by atoms with Crippen LogP contribution in [0.15, 0.2) is 48.5 Å². The lowest BCUT2D eigenvalue weighted by atomic mass is 10.1. The molecule has 2 aliphatic heterocycles. The van der Waals surface area contributed by atoms with Gasteiger partial charge in [-0.1, -0.05) is 24.3 Å². The Morgan fingerprint density at radius 3 is 2.56 bits per heavy atom. The first-order valence-electron chi connectivity index (χ1n) is 9.95. The predicted octanol–water partition coefficient (Wildman–Crippen LogP) is 3.13. The molecule has 7 nitrogen and oxygen atoms in total. The number of rotatable bonds is 5. The number of methoxy groups -OCH3 is 1. The minimum absolute atomic E-state index is 0.0823. The van der Waals surface area contributed by atoms with Gasteiger partial charge in [-0.3, -0.25) is 9.59 Å². The Morgan fingerprint density at radius 2 is 1.88 bits per heavy atom. The summed E-state index contributed by atoms with van der Waals surface area (Å²) in [5.74, 6) is -0.443. The lowest BCUT2D eigenvalue weighted by Crippen LogP contribution is -2.48. The molecule has 0 N–H and O–H groups in total. The molecule has 0 aliphatic carbocycles. The molecule has 2 heterocycles. The Bertz CT molecular complexity index is 996. The quantitative estimate of drug-likeness (QED) is 0.700. The van der Waals surface area contributed by atoms with Crippen molar-refractivity contribution in [1.29, 1.82) is 0 Å². The van der Waals surface area contributed by atoms with Crippen LogP contribution in [0, 0.1) is 0 Å². The Hall–Kier alpha value is -3.27. The van der Waals surface area contributed by atoms with E-state index in [1.54, 1.807) is 24.3 Å². The smallest absolute Gasteiger partial charge is 0.486 e. The van der Waals surface area contributed by atoms with E-state index < -0.39 is 12.4 Å². The van der Waals surface area contributed by atoms with E-state index in [-0.39, 0.29) is 43.4 Å². The number of hydrogen-bond acceptors (Lipinski definition) is 5. The molecule has 0 spiro atoms. The first-order chi connectivity index (χ1) is 15.2. The van der Waals surface area contributed by atoms with Crippen LogP contribution in [0.5, 0.6) is 11.5 Å². The highest BCUT2D eigenvalue weighted by Crippen LogP contribution is 2.37. The summed E-state index contributed by atoms with van der Waals surface area (Å²) in [5, 5.41) is 0. The molecule has 0 aromatic heterocycles. The number of benzene rings is 2. The molecule has 10 heteroatoms. The SMILES string of the molecule is COCC(=O)N1C[C@@H]2C[C@H]1C(=O)N(Cc1ccc(OC(F)(F)F)cc1)c1ccccc1O2. The van der Waals surface area contributed by atoms with E-state index in [1.165, 1.54) is 41.2 Å². The maximum atomic E-state index is 13.6. The highest BCUT2D eigenvalue weighted by Gasteiger charge is 2.44. The minimum Gasteiger partial charge on any atom is -0.486 e. The number of para-hydroxylation sites is 2. The molecule has 2 aliphatic rings. The van der Waals surface area contributed by atoms with Gasteiger partial charge in [-0.15, -0.1) is 13.2 Å². The summed E-state index contributed by atoms with van der Waals surface area (Å²) >= 11 is 0. The second-order valence-corrected chi connectivity index (χ2v) is 7.55. The van der Waals surface area contributed by atoms with E-state index in [2.05, 4.69) is 4.74 Å². The van der Waals surface area contributed by atoms with Gasteiger partial charge >= 0.3 is 6.36 Å². The zero-order chi connectivity index (χ0) is 22.9. The molecule has 170 valence electrons. The number of ether oxygens (including phenoxy) is 3. The number of amides is 2. The third-order valence-electron chi connectivity index (χ3n) is 5.35. The second-order valence-electron chi connectivity index (χ2n) is 7.55. The van der Waals surface area contributed by atoms with Crippen LogP contribution < -0.4 is 14.4 Å². The Balaban J connectivity index is 1.63. The van der Waals surface area contributed by atoms with Gasteiger partial charge in [0.25, 0.3) is 0 Å². The summed E-state index contributed by atoms with van der Waals surface area (Å²) in [7, 11) is 1.41. The minimum atomic E-state index is -4.78. The number of likely N-dealkylation sites (tertiary alicyclic amines) is 1. The van der Waals surface area contributed by atoms with Gasteiger partial charge in [0.05, 0.1) is 18.8 Å². The van der Waals surface area contributed by atoms with Gasteiger partial charge in [0.15, 0.2) is 0 Å². The third kappa shape index (κ3) is 4.64. The van der Waals surface area contributed by atoms with Crippen molar-refractivity contribution in [2.75, 3.05) is 25.2 Å². The molecule has 0 saturated carbocycles. The molecular weight excluding hydrogens is 429 g/mol. The molecule has 1 saturated heterocycles. The molecule has 1 fully saturated rings. The number of carbonyl (C=O) groups is 2. The molecule has 0 radical (unpaired) electrons. The molecule has 2 bridgehead atoms. The van der Waals surface area contributed by atoms with Crippen LogP contribution in [0.3, 0.4) is 0 Å². The van der Waals surface area contributed by atoms with E-state index >= 15 is 0 Å². The number of nitrogens with zero attached hydrogens (tertiary/aromatic N) is 2. The van der Waals surface area contributed by atoms with Crippen LogP contribution in [0.1, 0.15) is 12.0 Å². The number of alkyl halides is 3. The van der Waals surface area contributed by atoms with Gasteiger partial charge in [0.2, 0.25) is 11.8 Å². The number of anilines is 1. The van der Waals surface area contributed by atoms with Crippen LogP contribution >= 0.6 is 0 Å². The van der Waals surface area contributed by atoms with Crippen molar-refractivity contribution < 1.29 is 37.0 Å². The van der Waals surface area contributed by atoms with Crippen molar-refractivity contribution in [2.24, 2.45) is 0 Å². The summed E-state index contributed by atoms with van der Waals surface area (Å²) in [4.78, 5) is 29.0. The monoisotopic (exact) mass is 450 g/mol. The number of fused-ring (bicyclic) bond motifs is 3. The zero-order valence-corrected chi connectivity index (χ0v) is 17.2. The lowest BCUT2D eigenvalue weighted by Gasteiger charge is -2.31. The fourth-order valence-electron chi connectivity index (χ4n) is 4.00. The molecule has 32 heavy (non-hydrogen) atoms. The van der Waals surface area contributed by atoms with Crippen LogP contribution in [-0.2, 0) is 20.9 Å². The molecule has 2 aromatic carbocycles. The van der Waals surface area contributed by atoms with Crippen molar-refractivity contribution in [3.8, 4) is 11.5 Å². The summed E-state index contributed by atoms with van der Waals surface area (Å²) in [6.07, 6.45) is -4.77. The lowest BCUT2D eigenvalue weighted by molar-refractivity contribution is -0.274. The Kier molecular flexibility index (Phi) is 5.96. The number of hydrogen-bond donors (Lipinski definition) is 0. The third-order valence-corrected chi connectivity index (χ3v) is 5.35. The summed E-state index contributed by atoms with van der Waals surface area (Å²) in [6.45, 7) is 0.202. The number of carbonyl (C=O) groups excluding carboxylic acids is 2. The van der Waals surface area contributed by atoms with Crippen molar-refractivity contribution >= 4 is 17.5 Å². The van der Waals surface area contributed by atoms with Crippen molar-refractivity contribution in [3.63, 3.8) is 0 Å². The maximum absolute atomic E-state index is 13.6. The van der Waals surface area contributed by atoms with Gasteiger partial charge in [-0.25, -0.2) is 0 Å². The van der Waals surface area contributed by atoms with E-state index in [1.807, 2.05) is 0 Å². The molecule has 4 rings (SSSR count). The van der Waals surface area contributed by atoms with E-state index in [9.17, 15) is 22.8 Å². The largest absolute Gasteiger partial charge is 0.573 e. The molecule has 2 atom stereocenters.